The normalized spacial score (nSPS) is 27.9. The van der Waals surface area contributed by atoms with Gasteiger partial charge in [0.05, 0.1) is 6.10 Å². The Kier molecular flexibility index (Phi) is 6.99. The van der Waals surface area contributed by atoms with Gasteiger partial charge in [0.2, 0.25) is 0 Å². The monoisotopic (exact) mass is 360 g/mol. The van der Waals surface area contributed by atoms with Crippen LogP contribution in [0.5, 0.6) is 5.75 Å². The van der Waals surface area contributed by atoms with Crippen molar-refractivity contribution in [2.75, 3.05) is 26.3 Å². The van der Waals surface area contributed by atoms with Crippen LogP contribution < -0.4 is 10.5 Å². The van der Waals surface area contributed by atoms with Crippen LogP contribution in [0.15, 0.2) is 18.2 Å². The molecular formula is C17H26Cl2N2O2. The zero-order valence-electron chi connectivity index (χ0n) is 13.5. The molecule has 130 valence electrons. The SMILES string of the molecule is CC1CN(Cc2cc(Cl)ccc2OCC2CCCO2)CC1N.Cl. The maximum Gasteiger partial charge on any atom is 0.124 e. The van der Waals surface area contributed by atoms with Gasteiger partial charge in [-0.1, -0.05) is 18.5 Å². The van der Waals surface area contributed by atoms with Crippen molar-refractivity contribution in [2.45, 2.75) is 38.5 Å². The predicted molar refractivity (Wildman–Crippen MR) is 95.6 cm³/mol. The summed E-state index contributed by atoms with van der Waals surface area (Å²) in [5.74, 6) is 1.45. The van der Waals surface area contributed by atoms with Gasteiger partial charge >= 0.3 is 0 Å². The molecule has 4 nitrogen and oxygen atoms in total. The second-order valence-electron chi connectivity index (χ2n) is 6.53. The van der Waals surface area contributed by atoms with Crippen molar-refractivity contribution in [1.29, 1.82) is 0 Å². The highest BCUT2D eigenvalue weighted by molar-refractivity contribution is 6.30. The maximum absolute atomic E-state index is 6.16. The molecule has 0 aromatic heterocycles. The van der Waals surface area contributed by atoms with Crippen LogP contribution in [0.25, 0.3) is 0 Å². The van der Waals surface area contributed by atoms with Gasteiger partial charge in [0.25, 0.3) is 0 Å². The van der Waals surface area contributed by atoms with Gasteiger partial charge in [0, 0.05) is 42.9 Å². The van der Waals surface area contributed by atoms with E-state index in [1.165, 1.54) is 0 Å². The van der Waals surface area contributed by atoms with Gasteiger partial charge < -0.3 is 15.2 Å². The number of hydrogen-bond acceptors (Lipinski definition) is 4. The lowest BCUT2D eigenvalue weighted by Crippen LogP contribution is -2.28. The number of ether oxygens (including phenoxy) is 2. The van der Waals surface area contributed by atoms with Gasteiger partial charge in [0.1, 0.15) is 12.4 Å². The first-order valence-electron chi connectivity index (χ1n) is 8.12. The smallest absolute Gasteiger partial charge is 0.124 e. The summed E-state index contributed by atoms with van der Waals surface area (Å²) < 4.78 is 11.6. The third kappa shape index (κ3) is 4.97. The molecule has 3 atom stereocenters. The molecule has 6 heteroatoms. The third-order valence-corrected chi connectivity index (χ3v) is 4.85. The number of rotatable bonds is 5. The Morgan fingerprint density at radius 3 is 2.87 bits per heavy atom. The molecule has 2 aliphatic rings. The first kappa shape index (κ1) is 18.8. The summed E-state index contributed by atoms with van der Waals surface area (Å²) in [6, 6.07) is 6.11. The fourth-order valence-corrected chi connectivity index (χ4v) is 3.43. The first-order valence-corrected chi connectivity index (χ1v) is 8.50. The molecule has 0 saturated carbocycles. The van der Waals surface area contributed by atoms with Gasteiger partial charge in [-0.05, 0) is 37.0 Å². The van der Waals surface area contributed by atoms with Crippen LogP contribution in [0.4, 0.5) is 0 Å². The summed E-state index contributed by atoms with van der Waals surface area (Å²) in [5, 5.41) is 0.746. The Labute approximate surface area is 149 Å². The molecule has 0 radical (unpaired) electrons. The lowest BCUT2D eigenvalue weighted by Gasteiger charge is -2.19. The molecule has 3 unspecified atom stereocenters. The number of likely N-dealkylation sites (tertiary alicyclic amines) is 1. The summed E-state index contributed by atoms with van der Waals surface area (Å²) >= 11 is 6.16. The van der Waals surface area contributed by atoms with Crippen LogP contribution in [0.1, 0.15) is 25.3 Å². The van der Waals surface area contributed by atoms with E-state index in [9.17, 15) is 0 Å². The van der Waals surface area contributed by atoms with E-state index in [1.54, 1.807) is 0 Å². The van der Waals surface area contributed by atoms with Crippen LogP contribution in [0.2, 0.25) is 5.02 Å². The van der Waals surface area contributed by atoms with Crippen molar-refractivity contribution in [3.05, 3.63) is 28.8 Å². The Morgan fingerprint density at radius 2 is 2.22 bits per heavy atom. The van der Waals surface area contributed by atoms with E-state index in [1.807, 2.05) is 18.2 Å². The molecular weight excluding hydrogens is 335 g/mol. The van der Waals surface area contributed by atoms with E-state index < -0.39 is 0 Å². The average Bonchev–Trinajstić information content (AvgIpc) is 3.09. The van der Waals surface area contributed by atoms with Crippen LogP contribution in [-0.2, 0) is 11.3 Å². The summed E-state index contributed by atoms with van der Waals surface area (Å²) in [7, 11) is 0. The molecule has 2 heterocycles. The molecule has 2 saturated heterocycles. The molecule has 1 aromatic rings. The molecule has 2 N–H and O–H groups in total. The molecule has 0 spiro atoms. The van der Waals surface area contributed by atoms with Gasteiger partial charge in [0.15, 0.2) is 0 Å². The topological polar surface area (TPSA) is 47.7 Å². The maximum atomic E-state index is 6.16. The Hall–Kier alpha value is -0.520. The number of nitrogens with two attached hydrogens (primary N) is 1. The van der Waals surface area contributed by atoms with Crippen molar-refractivity contribution in [3.8, 4) is 5.75 Å². The molecule has 23 heavy (non-hydrogen) atoms. The molecule has 3 rings (SSSR count). The fraction of sp³-hybridized carbons (Fsp3) is 0.647. The molecule has 0 bridgehead atoms. The Bertz CT molecular complexity index is 499. The minimum atomic E-state index is 0. The Balaban J connectivity index is 0.00000192. The minimum absolute atomic E-state index is 0. The average molecular weight is 361 g/mol. The second kappa shape index (κ2) is 8.54. The lowest BCUT2D eigenvalue weighted by molar-refractivity contribution is 0.0673. The van der Waals surface area contributed by atoms with E-state index in [4.69, 9.17) is 26.8 Å². The fourth-order valence-electron chi connectivity index (χ4n) is 3.24. The van der Waals surface area contributed by atoms with E-state index in [2.05, 4.69) is 11.8 Å². The van der Waals surface area contributed by atoms with Gasteiger partial charge in [-0.25, -0.2) is 0 Å². The van der Waals surface area contributed by atoms with Gasteiger partial charge in [-0.2, -0.15) is 0 Å². The number of benzene rings is 1. The van der Waals surface area contributed by atoms with Crippen molar-refractivity contribution in [1.82, 2.24) is 4.90 Å². The van der Waals surface area contributed by atoms with Crippen LogP contribution >= 0.6 is 24.0 Å². The summed E-state index contributed by atoms with van der Waals surface area (Å²) in [6.45, 7) is 6.46. The number of nitrogens with zero attached hydrogens (tertiary/aromatic N) is 1. The largest absolute Gasteiger partial charge is 0.491 e. The second-order valence-corrected chi connectivity index (χ2v) is 6.97. The summed E-state index contributed by atoms with van der Waals surface area (Å²) in [6.07, 6.45) is 2.44. The summed E-state index contributed by atoms with van der Waals surface area (Å²) in [5.41, 5.74) is 7.25. The highest BCUT2D eigenvalue weighted by Crippen LogP contribution is 2.27. The molecule has 2 fully saturated rings. The highest BCUT2D eigenvalue weighted by Gasteiger charge is 2.27. The van der Waals surface area contributed by atoms with E-state index in [0.29, 0.717) is 12.5 Å². The molecule has 0 amide bonds. The third-order valence-electron chi connectivity index (χ3n) is 4.61. The molecule has 2 aliphatic heterocycles. The van der Waals surface area contributed by atoms with Crippen LogP contribution in [0, 0.1) is 5.92 Å². The standard InChI is InChI=1S/C17H25ClN2O2.ClH/c1-12-8-20(10-16(12)19)9-13-7-14(18)4-5-17(13)22-11-15-3-2-6-21-15;/h4-5,7,12,15-16H,2-3,6,8-11,19H2,1H3;1H. The van der Waals surface area contributed by atoms with Gasteiger partial charge in [-0.3, -0.25) is 4.90 Å². The van der Waals surface area contributed by atoms with E-state index >= 15 is 0 Å². The first-order chi connectivity index (χ1) is 10.6. The minimum Gasteiger partial charge on any atom is -0.491 e. The van der Waals surface area contributed by atoms with Crippen molar-refractivity contribution >= 4 is 24.0 Å². The summed E-state index contributed by atoms with van der Waals surface area (Å²) in [4.78, 5) is 2.37. The molecule has 0 aliphatic carbocycles. The zero-order valence-corrected chi connectivity index (χ0v) is 15.1. The van der Waals surface area contributed by atoms with E-state index in [-0.39, 0.29) is 24.6 Å². The highest BCUT2D eigenvalue weighted by atomic mass is 35.5. The van der Waals surface area contributed by atoms with Crippen LogP contribution in [0.3, 0.4) is 0 Å². The lowest BCUT2D eigenvalue weighted by atomic mass is 10.1. The number of halogens is 2. The number of hydrogen-bond donors (Lipinski definition) is 1. The van der Waals surface area contributed by atoms with Gasteiger partial charge in [-0.15, -0.1) is 12.4 Å². The Morgan fingerprint density at radius 1 is 1.39 bits per heavy atom. The van der Waals surface area contributed by atoms with Crippen molar-refractivity contribution < 1.29 is 9.47 Å². The van der Waals surface area contributed by atoms with E-state index in [0.717, 1.165) is 55.4 Å². The predicted octanol–water partition coefficient (Wildman–Crippen LogP) is 3.10. The van der Waals surface area contributed by atoms with Crippen LogP contribution in [-0.4, -0.2) is 43.3 Å². The zero-order chi connectivity index (χ0) is 15.5. The van der Waals surface area contributed by atoms with Crippen molar-refractivity contribution in [3.63, 3.8) is 0 Å². The molecule has 1 aromatic carbocycles. The quantitative estimate of drug-likeness (QED) is 0.876. The van der Waals surface area contributed by atoms with Crippen molar-refractivity contribution in [2.24, 2.45) is 11.7 Å².